The molecule has 0 radical (unpaired) electrons. The Balaban J connectivity index is 1.53. The van der Waals surface area contributed by atoms with Crippen LogP contribution < -0.4 is 4.72 Å². The molecule has 1 aromatic carbocycles. The Morgan fingerprint density at radius 2 is 1.81 bits per heavy atom. The number of halogens is 2. The van der Waals surface area contributed by atoms with Gasteiger partial charge in [0.05, 0.1) is 0 Å². The van der Waals surface area contributed by atoms with Crippen molar-refractivity contribution in [2.24, 2.45) is 5.92 Å². The number of likely N-dealkylation sites (tertiary alicyclic amines) is 1. The summed E-state index contributed by atoms with van der Waals surface area (Å²) in [5, 5.41) is 0. The maximum Gasteiger partial charge on any atom is 0.246 e. The van der Waals surface area contributed by atoms with E-state index in [0.717, 1.165) is 62.2 Å². The zero-order valence-electron chi connectivity index (χ0n) is 15.5. The van der Waals surface area contributed by atoms with Gasteiger partial charge in [0.25, 0.3) is 0 Å². The molecule has 0 unspecified atom stereocenters. The monoisotopic (exact) mass is 398 g/mol. The summed E-state index contributed by atoms with van der Waals surface area (Å²) in [4.78, 5) is 1.40. The van der Waals surface area contributed by atoms with Crippen LogP contribution in [0.25, 0.3) is 0 Å². The van der Waals surface area contributed by atoms with Crippen molar-refractivity contribution < 1.29 is 21.6 Å². The van der Waals surface area contributed by atoms with Crippen molar-refractivity contribution in [3.63, 3.8) is 0 Å². The largest absolute Gasteiger partial charge is 0.466 e. The summed E-state index contributed by atoms with van der Waals surface area (Å²) in [5.74, 6) is -0.203. The van der Waals surface area contributed by atoms with Gasteiger partial charge in [-0.15, -0.1) is 0 Å². The highest BCUT2D eigenvalue weighted by Gasteiger charge is 2.26. The predicted octanol–water partition coefficient (Wildman–Crippen LogP) is 3.37. The molecule has 0 amide bonds. The molecule has 2 heterocycles. The molecule has 8 heteroatoms. The number of piperidine rings is 1. The second kappa shape index (κ2) is 8.08. The first-order chi connectivity index (χ1) is 12.8. The number of benzene rings is 1. The molecule has 0 atom stereocenters. The molecule has 1 aliphatic rings. The van der Waals surface area contributed by atoms with Gasteiger partial charge < -0.3 is 4.42 Å². The van der Waals surface area contributed by atoms with E-state index in [0.29, 0.717) is 0 Å². The van der Waals surface area contributed by atoms with Crippen LogP contribution in [0.4, 0.5) is 8.78 Å². The van der Waals surface area contributed by atoms with Gasteiger partial charge in [-0.1, -0.05) is 6.07 Å². The number of sulfonamides is 1. The van der Waals surface area contributed by atoms with E-state index in [9.17, 15) is 17.2 Å². The molecule has 0 bridgehead atoms. The van der Waals surface area contributed by atoms with Gasteiger partial charge in [-0.2, -0.15) is 0 Å². The zero-order chi connectivity index (χ0) is 19.6. The Hall–Kier alpha value is -1.77. The van der Waals surface area contributed by atoms with E-state index in [1.807, 2.05) is 19.9 Å². The lowest BCUT2D eigenvalue weighted by molar-refractivity contribution is 0.178. The van der Waals surface area contributed by atoms with Crippen molar-refractivity contribution in [3.8, 4) is 0 Å². The Morgan fingerprint density at radius 1 is 1.19 bits per heavy atom. The first-order valence-electron chi connectivity index (χ1n) is 8.98. The minimum absolute atomic E-state index is 0.137. The predicted molar refractivity (Wildman–Crippen MR) is 97.7 cm³/mol. The summed E-state index contributed by atoms with van der Waals surface area (Å²) < 4.78 is 59.9. The summed E-state index contributed by atoms with van der Waals surface area (Å²) in [6, 6.07) is 5.06. The number of nitrogens with zero attached hydrogens (tertiary/aromatic N) is 1. The van der Waals surface area contributed by atoms with Crippen molar-refractivity contribution in [3.05, 3.63) is 53.0 Å². The first kappa shape index (κ1) is 20.0. The van der Waals surface area contributed by atoms with Gasteiger partial charge in [0.1, 0.15) is 23.2 Å². The van der Waals surface area contributed by atoms with Crippen LogP contribution >= 0.6 is 0 Å². The van der Waals surface area contributed by atoms with E-state index in [1.165, 1.54) is 5.56 Å². The van der Waals surface area contributed by atoms with Gasteiger partial charge in [0, 0.05) is 18.7 Å². The molecule has 0 spiro atoms. The lowest BCUT2D eigenvalue weighted by atomic mass is 9.97. The average Bonchev–Trinajstić information content (AvgIpc) is 2.91. The van der Waals surface area contributed by atoms with Crippen LogP contribution in [-0.2, 0) is 16.6 Å². The van der Waals surface area contributed by atoms with E-state index in [1.54, 1.807) is 0 Å². The first-order valence-corrected chi connectivity index (χ1v) is 10.5. The number of aryl methyl sites for hydroxylation is 2. The molecule has 0 aliphatic carbocycles. The van der Waals surface area contributed by atoms with E-state index in [2.05, 4.69) is 9.62 Å². The van der Waals surface area contributed by atoms with Crippen LogP contribution in [0.3, 0.4) is 0 Å². The molecule has 5 nitrogen and oxygen atoms in total. The molecule has 0 saturated carbocycles. The third kappa shape index (κ3) is 4.75. The highest BCUT2D eigenvalue weighted by Crippen LogP contribution is 2.23. The highest BCUT2D eigenvalue weighted by molar-refractivity contribution is 7.89. The standard InChI is InChI=1S/C19H24F2N2O3S/c1-13-10-16(14(2)26-13)12-23-8-6-15(7-9-23)11-22-27(24,25)19-17(20)4-3-5-18(19)21/h3-5,10,15,22H,6-9,11-12H2,1-2H3. The summed E-state index contributed by atoms with van der Waals surface area (Å²) in [6.07, 6.45) is 1.64. The maximum absolute atomic E-state index is 13.7. The fourth-order valence-electron chi connectivity index (χ4n) is 3.47. The Kier molecular flexibility index (Phi) is 5.98. The smallest absolute Gasteiger partial charge is 0.246 e. The van der Waals surface area contributed by atoms with Gasteiger partial charge >= 0.3 is 0 Å². The van der Waals surface area contributed by atoms with Crippen LogP contribution in [0.5, 0.6) is 0 Å². The van der Waals surface area contributed by atoms with E-state index >= 15 is 0 Å². The molecular weight excluding hydrogens is 374 g/mol. The van der Waals surface area contributed by atoms with Crippen molar-refractivity contribution in [1.82, 2.24) is 9.62 Å². The Bertz CT molecular complexity index is 883. The van der Waals surface area contributed by atoms with E-state index < -0.39 is 26.6 Å². The van der Waals surface area contributed by atoms with Gasteiger partial charge in [0.15, 0.2) is 4.90 Å². The molecule has 1 saturated heterocycles. The number of hydrogen-bond donors (Lipinski definition) is 1. The second-order valence-corrected chi connectivity index (χ2v) is 8.76. The fourth-order valence-corrected chi connectivity index (χ4v) is 4.72. The number of furan rings is 1. The second-order valence-electron chi connectivity index (χ2n) is 7.06. The van der Waals surface area contributed by atoms with Crippen LogP contribution in [0.1, 0.15) is 29.9 Å². The molecule has 1 N–H and O–H groups in total. The highest BCUT2D eigenvalue weighted by atomic mass is 32.2. The average molecular weight is 398 g/mol. The molecule has 27 heavy (non-hydrogen) atoms. The SMILES string of the molecule is Cc1cc(CN2CCC(CNS(=O)(=O)c3c(F)cccc3F)CC2)c(C)o1. The lowest BCUT2D eigenvalue weighted by Crippen LogP contribution is -2.38. The minimum Gasteiger partial charge on any atom is -0.466 e. The third-order valence-electron chi connectivity index (χ3n) is 4.99. The molecule has 148 valence electrons. The Labute approximate surface area is 158 Å². The van der Waals surface area contributed by atoms with Crippen molar-refractivity contribution in [2.75, 3.05) is 19.6 Å². The van der Waals surface area contributed by atoms with Gasteiger partial charge in [0.2, 0.25) is 10.0 Å². The third-order valence-corrected chi connectivity index (χ3v) is 6.47. The number of rotatable bonds is 6. The maximum atomic E-state index is 13.7. The molecule has 1 fully saturated rings. The summed E-state index contributed by atoms with van der Waals surface area (Å²) in [6.45, 7) is 6.53. The van der Waals surface area contributed by atoms with Gasteiger partial charge in [-0.3, -0.25) is 4.90 Å². The van der Waals surface area contributed by atoms with Crippen LogP contribution in [-0.4, -0.2) is 33.0 Å². The summed E-state index contributed by atoms with van der Waals surface area (Å²) in [5.41, 5.74) is 1.17. The van der Waals surface area contributed by atoms with Crippen LogP contribution in [0.2, 0.25) is 0 Å². The topological polar surface area (TPSA) is 62.6 Å². The van der Waals surface area contributed by atoms with E-state index in [-0.39, 0.29) is 12.5 Å². The number of hydrogen-bond acceptors (Lipinski definition) is 4. The van der Waals surface area contributed by atoms with Crippen molar-refractivity contribution in [2.45, 2.75) is 38.1 Å². The normalized spacial score (nSPS) is 16.7. The van der Waals surface area contributed by atoms with Crippen LogP contribution in [0.15, 0.2) is 33.6 Å². The molecular formula is C19H24F2N2O3S. The molecule has 1 aromatic heterocycles. The zero-order valence-corrected chi connectivity index (χ0v) is 16.3. The van der Waals surface area contributed by atoms with Crippen molar-refractivity contribution in [1.29, 1.82) is 0 Å². The van der Waals surface area contributed by atoms with Gasteiger partial charge in [-0.05, 0) is 63.9 Å². The van der Waals surface area contributed by atoms with Crippen LogP contribution in [0, 0.1) is 31.4 Å². The molecule has 3 rings (SSSR count). The Morgan fingerprint density at radius 3 is 2.37 bits per heavy atom. The molecule has 1 aliphatic heterocycles. The van der Waals surface area contributed by atoms with Gasteiger partial charge in [-0.25, -0.2) is 21.9 Å². The summed E-state index contributed by atoms with van der Waals surface area (Å²) >= 11 is 0. The lowest BCUT2D eigenvalue weighted by Gasteiger charge is -2.31. The minimum atomic E-state index is -4.21. The summed E-state index contributed by atoms with van der Waals surface area (Å²) in [7, 11) is -4.21. The van der Waals surface area contributed by atoms with Crippen molar-refractivity contribution >= 4 is 10.0 Å². The fraction of sp³-hybridized carbons (Fsp3) is 0.474. The molecule has 2 aromatic rings. The van der Waals surface area contributed by atoms with E-state index in [4.69, 9.17) is 4.42 Å². The quantitative estimate of drug-likeness (QED) is 0.811. The number of nitrogens with one attached hydrogen (secondary N) is 1.